The zero-order valence-electron chi connectivity index (χ0n) is 7.90. The van der Waals surface area contributed by atoms with Crippen molar-refractivity contribution in [2.24, 2.45) is 0 Å². The van der Waals surface area contributed by atoms with Crippen molar-refractivity contribution in [2.45, 2.75) is 18.3 Å². The van der Waals surface area contributed by atoms with Gasteiger partial charge in [0.05, 0.1) is 12.5 Å². The van der Waals surface area contributed by atoms with Crippen molar-refractivity contribution in [3.05, 3.63) is 11.7 Å². The summed E-state index contributed by atoms with van der Waals surface area (Å²) in [6.45, 7) is 3.48. The van der Waals surface area contributed by atoms with E-state index in [4.69, 9.17) is 9.26 Å². The zero-order chi connectivity index (χ0) is 9.38. The summed E-state index contributed by atoms with van der Waals surface area (Å²) < 4.78 is 10.5. The minimum Gasteiger partial charge on any atom is -0.381 e. The van der Waals surface area contributed by atoms with E-state index < -0.39 is 0 Å². The van der Waals surface area contributed by atoms with Crippen LogP contribution in [0.1, 0.15) is 30.0 Å². The Morgan fingerprint density at radius 1 is 1.29 bits per heavy atom. The second kappa shape index (κ2) is 3.33. The molecule has 5 nitrogen and oxygen atoms in total. The average molecular weight is 195 g/mol. The van der Waals surface area contributed by atoms with Crippen LogP contribution in [0, 0.1) is 0 Å². The smallest absolute Gasteiger partial charge is 0.232 e. The first-order chi connectivity index (χ1) is 6.93. The van der Waals surface area contributed by atoms with Crippen LogP contribution in [0.2, 0.25) is 0 Å². The largest absolute Gasteiger partial charge is 0.381 e. The normalized spacial score (nSPS) is 27.9. The Labute approximate surface area is 81.8 Å². The second-order valence-corrected chi connectivity index (χ2v) is 3.91. The Morgan fingerprint density at radius 2 is 2.21 bits per heavy atom. The summed E-state index contributed by atoms with van der Waals surface area (Å²) in [6.07, 6.45) is 1.02. The van der Waals surface area contributed by atoms with Crippen LogP contribution in [-0.2, 0) is 4.74 Å². The maximum Gasteiger partial charge on any atom is 0.232 e. The lowest BCUT2D eigenvalue weighted by atomic mass is 10.0. The summed E-state index contributed by atoms with van der Waals surface area (Å²) in [5.74, 6) is 2.38. The van der Waals surface area contributed by atoms with Crippen LogP contribution in [-0.4, -0.2) is 36.4 Å². The number of nitrogens with one attached hydrogen (secondary N) is 1. The molecule has 0 radical (unpaired) electrons. The van der Waals surface area contributed by atoms with Gasteiger partial charge in [0.15, 0.2) is 5.82 Å². The molecule has 0 spiro atoms. The molecule has 1 atom stereocenters. The van der Waals surface area contributed by atoms with Gasteiger partial charge in [-0.05, 0) is 6.42 Å². The lowest BCUT2D eigenvalue weighted by Crippen LogP contribution is -2.40. The Hall–Kier alpha value is -0.940. The number of aromatic nitrogens is 2. The minimum atomic E-state index is 0.348. The van der Waals surface area contributed by atoms with Crippen LogP contribution in [0.15, 0.2) is 4.52 Å². The average Bonchev–Trinajstić information content (AvgIpc) is 2.65. The lowest BCUT2D eigenvalue weighted by molar-refractivity contribution is 0.192. The molecule has 1 N–H and O–H groups in total. The van der Waals surface area contributed by atoms with Gasteiger partial charge in [-0.2, -0.15) is 4.98 Å². The lowest BCUT2D eigenvalue weighted by Gasteiger charge is -2.22. The quantitative estimate of drug-likeness (QED) is 0.733. The predicted molar refractivity (Wildman–Crippen MR) is 48.1 cm³/mol. The van der Waals surface area contributed by atoms with E-state index in [1.54, 1.807) is 0 Å². The first-order valence-corrected chi connectivity index (χ1v) is 5.05. The van der Waals surface area contributed by atoms with Crippen LogP contribution in [0.4, 0.5) is 0 Å². The molecule has 0 saturated carbocycles. The molecule has 0 amide bonds. The van der Waals surface area contributed by atoms with Crippen molar-refractivity contribution in [1.29, 1.82) is 0 Å². The molecule has 76 valence electrons. The van der Waals surface area contributed by atoms with Crippen molar-refractivity contribution in [2.75, 3.05) is 26.3 Å². The summed E-state index contributed by atoms with van der Waals surface area (Å²) in [5, 5.41) is 7.19. The molecule has 3 heterocycles. The molecule has 14 heavy (non-hydrogen) atoms. The molecule has 1 unspecified atom stereocenters. The van der Waals surface area contributed by atoms with Crippen LogP contribution in [0.25, 0.3) is 0 Å². The van der Waals surface area contributed by atoms with Gasteiger partial charge in [-0.1, -0.05) is 5.16 Å². The molecule has 2 aliphatic heterocycles. The fraction of sp³-hybridized carbons (Fsp3) is 0.778. The van der Waals surface area contributed by atoms with Gasteiger partial charge in [0.25, 0.3) is 0 Å². The summed E-state index contributed by atoms with van der Waals surface area (Å²) >= 11 is 0. The van der Waals surface area contributed by atoms with E-state index in [0.717, 1.165) is 44.4 Å². The molecule has 2 aliphatic rings. The highest BCUT2D eigenvalue weighted by Crippen LogP contribution is 2.25. The molecule has 2 fully saturated rings. The highest BCUT2D eigenvalue weighted by Gasteiger charge is 2.28. The summed E-state index contributed by atoms with van der Waals surface area (Å²) in [4.78, 5) is 4.42. The molecule has 3 rings (SSSR count). The van der Waals surface area contributed by atoms with Gasteiger partial charge < -0.3 is 14.6 Å². The third-order valence-electron chi connectivity index (χ3n) is 2.88. The van der Waals surface area contributed by atoms with Gasteiger partial charge in [0.1, 0.15) is 0 Å². The highest BCUT2D eigenvalue weighted by atomic mass is 16.5. The number of rotatable bonds is 2. The third-order valence-corrected chi connectivity index (χ3v) is 2.88. The molecule has 2 saturated heterocycles. The molecule has 0 bridgehead atoms. The van der Waals surface area contributed by atoms with Crippen LogP contribution in [0.3, 0.4) is 0 Å². The van der Waals surface area contributed by atoms with E-state index in [1.807, 2.05) is 0 Å². The predicted octanol–water partition coefficient (Wildman–Crippen LogP) is 0.260. The summed E-state index contributed by atoms with van der Waals surface area (Å²) in [5.41, 5.74) is 0. The SMILES string of the molecule is C1CC(c2noc(C3CNC3)n2)CO1. The molecule has 1 aromatic heterocycles. The van der Waals surface area contributed by atoms with Crippen LogP contribution in [0.5, 0.6) is 0 Å². The van der Waals surface area contributed by atoms with Crippen molar-refractivity contribution in [3.8, 4) is 0 Å². The van der Waals surface area contributed by atoms with Gasteiger partial charge in [0.2, 0.25) is 5.89 Å². The summed E-state index contributed by atoms with van der Waals surface area (Å²) in [6, 6.07) is 0. The maximum absolute atomic E-state index is 5.29. The molecule has 0 aliphatic carbocycles. The van der Waals surface area contributed by atoms with E-state index in [1.165, 1.54) is 0 Å². The first-order valence-electron chi connectivity index (χ1n) is 5.05. The fourth-order valence-electron chi connectivity index (χ4n) is 1.78. The molecular formula is C9H13N3O2. The van der Waals surface area contributed by atoms with Crippen LogP contribution >= 0.6 is 0 Å². The Kier molecular flexibility index (Phi) is 1.99. The molecule has 5 heteroatoms. The van der Waals surface area contributed by atoms with Gasteiger partial charge in [-0.25, -0.2) is 0 Å². The van der Waals surface area contributed by atoms with Crippen molar-refractivity contribution < 1.29 is 9.26 Å². The minimum absolute atomic E-state index is 0.348. The Bertz CT molecular complexity index is 316. The number of nitrogens with zero attached hydrogens (tertiary/aromatic N) is 2. The first kappa shape index (κ1) is 8.38. The third kappa shape index (κ3) is 1.33. The van der Waals surface area contributed by atoms with E-state index in [-0.39, 0.29) is 0 Å². The standard InChI is InChI=1S/C9H13N3O2/c1-2-13-5-6(1)8-11-9(14-12-8)7-3-10-4-7/h6-7,10H,1-5H2. The Balaban J connectivity index is 1.75. The number of ether oxygens (including phenoxy) is 1. The molecular weight excluding hydrogens is 182 g/mol. The topological polar surface area (TPSA) is 60.2 Å². The van der Waals surface area contributed by atoms with Crippen LogP contribution < -0.4 is 5.32 Å². The van der Waals surface area contributed by atoms with Gasteiger partial charge in [0, 0.05) is 25.6 Å². The second-order valence-electron chi connectivity index (χ2n) is 3.91. The van der Waals surface area contributed by atoms with Gasteiger partial charge in [-0.3, -0.25) is 0 Å². The highest BCUT2D eigenvalue weighted by molar-refractivity contribution is 5.04. The van der Waals surface area contributed by atoms with Gasteiger partial charge >= 0.3 is 0 Å². The summed E-state index contributed by atoms with van der Waals surface area (Å²) in [7, 11) is 0. The van der Waals surface area contributed by atoms with Crippen molar-refractivity contribution >= 4 is 0 Å². The van der Waals surface area contributed by atoms with Crippen molar-refractivity contribution in [1.82, 2.24) is 15.5 Å². The van der Waals surface area contributed by atoms with E-state index in [9.17, 15) is 0 Å². The van der Waals surface area contributed by atoms with E-state index >= 15 is 0 Å². The number of hydrogen-bond acceptors (Lipinski definition) is 5. The molecule has 1 aromatic rings. The van der Waals surface area contributed by atoms with E-state index in [2.05, 4.69) is 15.5 Å². The zero-order valence-corrected chi connectivity index (χ0v) is 7.90. The van der Waals surface area contributed by atoms with Crippen molar-refractivity contribution in [3.63, 3.8) is 0 Å². The maximum atomic E-state index is 5.29. The van der Waals surface area contributed by atoms with Gasteiger partial charge in [-0.15, -0.1) is 0 Å². The fourth-order valence-corrected chi connectivity index (χ4v) is 1.78. The Morgan fingerprint density at radius 3 is 2.86 bits per heavy atom. The van der Waals surface area contributed by atoms with E-state index in [0.29, 0.717) is 11.8 Å². The monoisotopic (exact) mass is 195 g/mol. The molecule has 0 aromatic carbocycles. The number of hydrogen-bond donors (Lipinski definition) is 1.